The van der Waals surface area contributed by atoms with Crippen LogP contribution in [0.15, 0.2) is 78.9 Å². The maximum atomic E-state index is 12.9. The molecule has 34 heavy (non-hydrogen) atoms. The minimum absolute atomic E-state index is 0.00701. The molecule has 1 heterocycles. The Balaban J connectivity index is 1.49. The van der Waals surface area contributed by atoms with Crippen LogP contribution < -0.4 is 10.2 Å². The molecule has 176 valence electrons. The lowest BCUT2D eigenvalue weighted by atomic mass is 9.87. The van der Waals surface area contributed by atoms with Crippen molar-refractivity contribution < 1.29 is 9.59 Å². The molecule has 0 radical (unpaired) electrons. The Bertz CT molecular complexity index is 1140. The first-order valence-electron chi connectivity index (χ1n) is 11.8. The number of rotatable bonds is 6. The van der Waals surface area contributed by atoms with Crippen LogP contribution >= 0.6 is 11.8 Å². The Morgan fingerprint density at radius 2 is 1.65 bits per heavy atom. The van der Waals surface area contributed by atoms with E-state index >= 15 is 0 Å². The maximum absolute atomic E-state index is 12.9. The third kappa shape index (κ3) is 5.20. The summed E-state index contributed by atoms with van der Waals surface area (Å²) < 4.78 is 0. The molecule has 0 unspecified atom stereocenters. The highest BCUT2D eigenvalue weighted by Gasteiger charge is 2.34. The van der Waals surface area contributed by atoms with E-state index in [1.807, 2.05) is 78.6 Å². The summed E-state index contributed by atoms with van der Waals surface area (Å²) in [6.07, 6.45) is 0.734. The predicted molar refractivity (Wildman–Crippen MR) is 142 cm³/mol. The van der Waals surface area contributed by atoms with Crippen molar-refractivity contribution in [3.05, 3.63) is 95.6 Å². The van der Waals surface area contributed by atoms with Crippen LogP contribution in [0.5, 0.6) is 0 Å². The summed E-state index contributed by atoms with van der Waals surface area (Å²) in [5.41, 5.74) is 5.06. The van der Waals surface area contributed by atoms with Crippen molar-refractivity contribution in [1.82, 2.24) is 0 Å². The van der Waals surface area contributed by atoms with Crippen LogP contribution in [0, 0.1) is 0 Å². The molecule has 1 saturated heterocycles. The average Bonchev–Trinajstić information content (AvgIpc) is 3.21. The van der Waals surface area contributed by atoms with Gasteiger partial charge in [-0.05, 0) is 52.8 Å². The Hall–Kier alpha value is -3.05. The van der Waals surface area contributed by atoms with Crippen LogP contribution in [0.25, 0.3) is 0 Å². The van der Waals surface area contributed by atoms with Gasteiger partial charge in [-0.3, -0.25) is 14.5 Å². The molecule has 1 aliphatic rings. The minimum atomic E-state index is -0.185. The summed E-state index contributed by atoms with van der Waals surface area (Å²) in [5, 5.41) is 2.98. The number of hydrogen-bond donors (Lipinski definition) is 1. The summed E-state index contributed by atoms with van der Waals surface area (Å²) in [6, 6.07) is 26.0. The van der Waals surface area contributed by atoms with Gasteiger partial charge in [0.15, 0.2) is 0 Å². The molecule has 1 fully saturated rings. The summed E-state index contributed by atoms with van der Waals surface area (Å²) in [7, 11) is 0. The summed E-state index contributed by atoms with van der Waals surface area (Å²) >= 11 is 1.63. The van der Waals surface area contributed by atoms with Gasteiger partial charge in [0.1, 0.15) is 5.37 Å². The normalized spacial score (nSPS) is 17.0. The second-order valence-electron chi connectivity index (χ2n) is 9.71. The number of hydrogen-bond acceptors (Lipinski definition) is 3. The highest BCUT2D eigenvalue weighted by molar-refractivity contribution is 8.00. The molecule has 0 spiro atoms. The number of nitrogens with zero attached hydrogens (tertiary/aromatic N) is 1. The molecular weight excluding hydrogens is 440 g/mol. The number of anilines is 2. The van der Waals surface area contributed by atoms with Gasteiger partial charge in [0.25, 0.3) is 0 Å². The maximum Gasteiger partial charge on any atom is 0.238 e. The molecule has 4 nitrogen and oxygen atoms in total. The second-order valence-corrected chi connectivity index (χ2v) is 10.8. The first-order chi connectivity index (χ1) is 16.3. The van der Waals surface area contributed by atoms with Gasteiger partial charge in [-0.2, -0.15) is 0 Å². The van der Waals surface area contributed by atoms with Gasteiger partial charge < -0.3 is 5.32 Å². The average molecular weight is 473 g/mol. The number of carbonyl (C=O) groups is 2. The Labute approximate surface area is 206 Å². The zero-order valence-electron chi connectivity index (χ0n) is 20.2. The van der Waals surface area contributed by atoms with E-state index in [2.05, 4.69) is 38.2 Å². The third-order valence-corrected chi connectivity index (χ3v) is 7.48. The van der Waals surface area contributed by atoms with Crippen molar-refractivity contribution in [1.29, 1.82) is 0 Å². The lowest BCUT2D eigenvalue weighted by Gasteiger charge is -2.26. The molecule has 1 aliphatic heterocycles. The highest BCUT2D eigenvalue weighted by Crippen LogP contribution is 2.42. The number of nitrogens with one attached hydrogen (secondary N) is 1. The largest absolute Gasteiger partial charge is 0.326 e. The van der Waals surface area contributed by atoms with E-state index in [-0.39, 0.29) is 28.5 Å². The van der Waals surface area contributed by atoms with Crippen LogP contribution in [0.4, 0.5) is 11.4 Å². The van der Waals surface area contributed by atoms with Crippen molar-refractivity contribution in [3.8, 4) is 0 Å². The molecule has 1 N–H and O–H groups in total. The number of amides is 2. The molecular formula is C29H32N2O2S. The van der Waals surface area contributed by atoms with Gasteiger partial charge in [-0.15, -0.1) is 11.8 Å². The van der Waals surface area contributed by atoms with Gasteiger partial charge in [0, 0.05) is 11.4 Å². The first-order valence-corrected chi connectivity index (χ1v) is 12.8. The van der Waals surface area contributed by atoms with Crippen LogP contribution in [0.2, 0.25) is 0 Å². The zero-order valence-corrected chi connectivity index (χ0v) is 21.1. The fraction of sp³-hybridized carbons (Fsp3) is 0.310. The lowest BCUT2D eigenvalue weighted by molar-refractivity contribution is -0.118. The van der Waals surface area contributed by atoms with Crippen molar-refractivity contribution >= 4 is 35.0 Å². The summed E-state index contributed by atoms with van der Waals surface area (Å²) in [5.74, 6) is 0.381. The Morgan fingerprint density at radius 1 is 1.00 bits per heavy atom. The summed E-state index contributed by atoms with van der Waals surface area (Å²) in [4.78, 5) is 27.5. The van der Waals surface area contributed by atoms with Crippen LogP contribution in [0.1, 0.15) is 62.1 Å². The van der Waals surface area contributed by atoms with E-state index in [0.717, 1.165) is 28.9 Å². The summed E-state index contributed by atoms with van der Waals surface area (Å²) in [6.45, 7) is 8.58. The Kier molecular flexibility index (Phi) is 7.13. The Morgan fingerprint density at radius 3 is 2.24 bits per heavy atom. The quantitative estimate of drug-likeness (QED) is 0.425. The zero-order chi connectivity index (χ0) is 24.3. The fourth-order valence-electron chi connectivity index (χ4n) is 4.29. The molecule has 0 aliphatic carbocycles. The van der Waals surface area contributed by atoms with E-state index in [4.69, 9.17) is 0 Å². The molecule has 2 amide bonds. The molecule has 2 atom stereocenters. The molecule has 5 heteroatoms. The standard InChI is InChI=1S/C29H32N2O2S/c1-5-25(20-9-7-6-8-10-20)27(33)30-23-15-11-21(12-16-23)28-31(26(32)19-34-28)24-17-13-22(14-18-24)29(2,3)4/h6-18,25,28H,5,19H2,1-4H3,(H,30,33)/t25-,28-/m0/s1. The smallest absolute Gasteiger partial charge is 0.238 e. The molecule has 4 rings (SSSR count). The van der Waals surface area contributed by atoms with Gasteiger partial charge in [0.05, 0.1) is 11.7 Å². The van der Waals surface area contributed by atoms with Gasteiger partial charge >= 0.3 is 0 Å². The molecule has 3 aromatic rings. The number of carbonyl (C=O) groups excluding carboxylic acids is 2. The van der Waals surface area contributed by atoms with E-state index in [1.165, 1.54) is 5.56 Å². The van der Waals surface area contributed by atoms with Gasteiger partial charge in [0.2, 0.25) is 11.8 Å². The fourth-order valence-corrected chi connectivity index (χ4v) is 5.47. The highest BCUT2D eigenvalue weighted by atomic mass is 32.2. The minimum Gasteiger partial charge on any atom is -0.326 e. The van der Waals surface area contributed by atoms with Gasteiger partial charge in [-0.1, -0.05) is 82.3 Å². The number of benzene rings is 3. The SMILES string of the molecule is CC[C@H](C(=O)Nc1ccc([C@@H]2SCC(=O)N2c2ccc(C(C)(C)C)cc2)cc1)c1ccccc1. The molecule has 0 bridgehead atoms. The molecule has 0 saturated carbocycles. The van der Waals surface area contributed by atoms with Crippen molar-refractivity contribution in [2.75, 3.05) is 16.0 Å². The van der Waals surface area contributed by atoms with Gasteiger partial charge in [-0.25, -0.2) is 0 Å². The predicted octanol–water partition coefficient (Wildman–Crippen LogP) is 6.90. The van der Waals surface area contributed by atoms with E-state index in [1.54, 1.807) is 11.8 Å². The molecule has 3 aromatic carbocycles. The van der Waals surface area contributed by atoms with Crippen LogP contribution in [0.3, 0.4) is 0 Å². The molecule has 0 aromatic heterocycles. The second kappa shape index (κ2) is 10.1. The topological polar surface area (TPSA) is 49.4 Å². The van der Waals surface area contributed by atoms with E-state index in [0.29, 0.717) is 5.75 Å². The van der Waals surface area contributed by atoms with Crippen molar-refractivity contribution in [2.24, 2.45) is 0 Å². The van der Waals surface area contributed by atoms with Crippen LogP contribution in [-0.4, -0.2) is 17.6 Å². The number of thioether (sulfide) groups is 1. The first kappa shape index (κ1) is 24.1. The lowest BCUT2D eigenvalue weighted by Crippen LogP contribution is -2.28. The monoisotopic (exact) mass is 472 g/mol. The third-order valence-electron chi connectivity index (χ3n) is 6.27. The van der Waals surface area contributed by atoms with Crippen molar-refractivity contribution in [2.45, 2.75) is 50.8 Å². The van der Waals surface area contributed by atoms with E-state index < -0.39 is 0 Å². The van der Waals surface area contributed by atoms with Crippen molar-refractivity contribution in [3.63, 3.8) is 0 Å². The van der Waals surface area contributed by atoms with E-state index in [9.17, 15) is 9.59 Å². The van der Waals surface area contributed by atoms with Crippen LogP contribution in [-0.2, 0) is 15.0 Å².